The lowest BCUT2D eigenvalue weighted by Crippen LogP contribution is -2.46. The number of rotatable bonds is 1. The fraction of sp³-hybridized carbons (Fsp3) is 0.929. The zero-order valence-electron chi connectivity index (χ0n) is 11.4. The van der Waals surface area contributed by atoms with Gasteiger partial charge in [0, 0.05) is 26.1 Å². The summed E-state index contributed by atoms with van der Waals surface area (Å²) in [7, 11) is 0. The van der Waals surface area contributed by atoms with Crippen LogP contribution in [0.1, 0.15) is 39.0 Å². The predicted molar refractivity (Wildman–Crippen MR) is 69.4 cm³/mol. The van der Waals surface area contributed by atoms with E-state index in [2.05, 4.69) is 4.90 Å². The Kier molecular flexibility index (Phi) is 3.32. The molecule has 18 heavy (non-hydrogen) atoms. The van der Waals surface area contributed by atoms with E-state index in [-0.39, 0.29) is 11.5 Å². The zero-order valence-corrected chi connectivity index (χ0v) is 11.4. The lowest BCUT2D eigenvalue weighted by Gasteiger charge is -2.38. The number of likely N-dealkylation sites (tertiary alicyclic amines) is 2. The molecule has 0 aromatic heterocycles. The standard InChI is InChI=1S/C14H24N2O2/c1-12(17)15-8-4-14(5-9-15)10-13(11-18-14)16-6-2-3-7-16/h13H,2-11H2,1H3. The highest BCUT2D eigenvalue weighted by Gasteiger charge is 2.44. The third-order valence-corrected chi connectivity index (χ3v) is 4.97. The first-order valence-electron chi connectivity index (χ1n) is 7.32. The fourth-order valence-corrected chi connectivity index (χ4v) is 3.74. The van der Waals surface area contributed by atoms with Crippen molar-refractivity contribution in [1.29, 1.82) is 0 Å². The van der Waals surface area contributed by atoms with Crippen LogP contribution in [-0.2, 0) is 9.53 Å². The molecule has 4 nitrogen and oxygen atoms in total. The van der Waals surface area contributed by atoms with Crippen molar-refractivity contribution >= 4 is 5.91 Å². The maximum absolute atomic E-state index is 11.4. The van der Waals surface area contributed by atoms with Crippen molar-refractivity contribution in [3.63, 3.8) is 0 Å². The summed E-state index contributed by atoms with van der Waals surface area (Å²) in [6.07, 6.45) is 5.93. The van der Waals surface area contributed by atoms with Crippen LogP contribution in [0.2, 0.25) is 0 Å². The number of amides is 1. The summed E-state index contributed by atoms with van der Waals surface area (Å²) in [6, 6.07) is 0.636. The summed E-state index contributed by atoms with van der Waals surface area (Å²) >= 11 is 0. The minimum atomic E-state index is 0.0825. The highest BCUT2D eigenvalue weighted by atomic mass is 16.5. The highest BCUT2D eigenvalue weighted by molar-refractivity contribution is 5.73. The first-order valence-corrected chi connectivity index (χ1v) is 7.32. The van der Waals surface area contributed by atoms with Crippen LogP contribution < -0.4 is 0 Å². The summed E-state index contributed by atoms with van der Waals surface area (Å²) in [6.45, 7) is 6.83. The van der Waals surface area contributed by atoms with Gasteiger partial charge in [-0.2, -0.15) is 0 Å². The van der Waals surface area contributed by atoms with E-state index in [9.17, 15) is 4.79 Å². The second-order valence-corrected chi connectivity index (χ2v) is 6.10. The van der Waals surface area contributed by atoms with Crippen molar-refractivity contribution < 1.29 is 9.53 Å². The Labute approximate surface area is 109 Å². The molecule has 0 aromatic carbocycles. The first-order chi connectivity index (χ1) is 8.69. The van der Waals surface area contributed by atoms with Gasteiger partial charge in [-0.3, -0.25) is 9.69 Å². The summed E-state index contributed by atoms with van der Waals surface area (Å²) in [4.78, 5) is 15.9. The van der Waals surface area contributed by atoms with E-state index >= 15 is 0 Å². The Morgan fingerprint density at radius 1 is 1.17 bits per heavy atom. The molecule has 0 N–H and O–H groups in total. The molecule has 3 rings (SSSR count). The average Bonchev–Trinajstić information content (AvgIpc) is 2.99. The van der Waals surface area contributed by atoms with Gasteiger partial charge >= 0.3 is 0 Å². The molecule has 1 spiro atoms. The molecule has 3 saturated heterocycles. The lowest BCUT2D eigenvalue weighted by atomic mass is 9.87. The summed E-state index contributed by atoms with van der Waals surface area (Å²) in [5, 5.41) is 0. The predicted octanol–water partition coefficient (Wildman–Crippen LogP) is 1.25. The second-order valence-electron chi connectivity index (χ2n) is 6.10. The maximum Gasteiger partial charge on any atom is 0.219 e. The number of nitrogens with zero attached hydrogens (tertiary/aromatic N) is 2. The largest absolute Gasteiger partial charge is 0.373 e. The van der Waals surface area contributed by atoms with E-state index in [4.69, 9.17) is 4.74 Å². The SMILES string of the molecule is CC(=O)N1CCC2(CC1)CC(N1CCCC1)CO2. The third kappa shape index (κ3) is 2.28. The Bertz CT molecular complexity index is 318. The topological polar surface area (TPSA) is 32.8 Å². The minimum Gasteiger partial charge on any atom is -0.373 e. The van der Waals surface area contributed by atoms with Crippen LogP contribution in [-0.4, -0.2) is 60.1 Å². The quantitative estimate of drug-likeness (QED) is 0.704. The number of carbonyl (C=O) groups is 1. The van der Waals surface area contributed by atoms with Crippen molar-refractivity contribution in [3.05, 3.63) is 0 Å². The molecule has 3 fully saturated rings. The van der Waals surface area contributed by atoms with Crippen molar-refractivity contribution in [2.45, 2.75) is 50.7 Å². The smallest absolute Gasteiger partial charge is 0.219 e. The zero-order chi connectivity index (χ0) is 12.6. The molecule has 1 atom stereocenters. The van der Waals surface area contributed by atoms with Crippen LogP contribution in [0.5, 0.6) is 0 Å². The van der Waals surface area contributed by atoms with Gasteiger partial charge in [-0.15, -0.1) is 0 Å². The fourth-order valence-electron chi connectivity index (χ4n) is 3.74. The summed E-state index contributed by atoms with van der Waals surface area (Å²) in [5.74, 6) is 0.207. The number of hydrogen-bond donors (Lipinski definition) is 0. The molecule has 0 saturated carbocycles. The Morgan fingerprint density at radius 3 is 2.44 bits per heavy atom. The summed E-state index contributed by atoms with van der Waals surface area (Å²) in [5.41, 5.74) is 0.0825. The molecule has 3 aliphatic rings. The summed E-state index contributed by atoms with van der Waals surface area (Å²) < 4.78 is 6.15. The van der Waals surface area contributed by atoms with Gasteiger partial charge in [0.2, 0.25) is 5.91 Å². The maximum atomic E-state index is 11.4. The molecule has 0 aromatic rings. The van der Waals surface area contributed by atoms with E-state index in [1.165, 1.54) is 32.4 Å². The van der Waals surface area contributed by atoms with Crippen molar-refractivity contribution in [3.8, 4) is 0 Å². The van der Waals surface area contributed by atoms with Crippen LogP contribution in [0, 0.1) is 0 Å². The Balaban J connectivity index is 1.56. The molecule has 0 aliphatic carbocycles. The lowest BCUT2D eigenvalue weighted by molar-refractivity contribution is -0.133. The molecule has 1 amide bonds. The molecular weight excluding hydrogens is 228 g/mol. The average molecular weight is 252 g/mol. The highest BCUT2D eigenvalue weighted by Crippen LogP contribution is 2.38. The van der Waals surface area contributed by atoms with Gasteiger partial charge in [-0.05, 0) is 45.2 Å². The van der Waals surface area contributed by atoms with E-state index in [1.807, 2.05) is 4.90 Å². The normalized spacial score (nSPS) is 32.3. The molecule has 3 heterocycles. The van der Waals surface area contributed by atoms with E-state index in [0.717, 1.165) is 32.5 Å². The van der Waals surface area contributed by atoms with Crippen molar-refractivity contribution in [2.24, 2.45) is 0 Å². The van der Waals surface area contributed by atoms with Gasteiger partial charge in [-0.25, -0.2) is 0 Å². The molecule has 102 valence electrons. The van der Waals surface area contributed by atoms with E-state index < -0.39 is 0 Å². The second kappa shape index (κ2) is 4.82. The van der Waals surface area contributed by atoms with Gasteiger partial charge in [-0.1, -0.05) is 0 Å². The number of carbonyl (C=O) groups excluding carboxylic acids is 1. The van der Waals surface area contributed by atoms with E-state index in [1.54, 1.807) is 6.92 Å². The van der Waals surface area contributed by atoms with Crippen LogP contribution in [0.4, 0.5) is 0 Å². The number of ether oxygens (including phenoxy) is 1. The number of hydrogen-bond acceptors (Lipinski definition) is 3. The van der Waals surface area contributed by atoms with Gasteiger partial charge in [0.1, 0.15) is 0 Å². The van der Waals surface area contributed by atoms with Crippen LogP contribution >= 0.6 is 0 Å². The third-order valence-electron chi connectivity index (χ3n) is 4.97. The van der Waals surface area contributed by atoms with Crippen molar-refractivity contribution in [1.82, 2.24) is 9.80 Å². The molecule has 1 unspecified atom stereocenters. The number of piperidine rings is 1. The Hall–Kier alpha value is -0.610. The van der Waals surface area contributed by atoms with E-state index in [0.29, 0.717) is 6.04 Å². The molecular formula is C14H24N2O2. The monoisotopic (exact) mass is 252 g/mol. The molecule has 3 aliphatic heterocycles. The van der Waals surface area contributed by atoms with Crippen LogP contribution in [0.25, 0.3) is 0 Å². The minimum absolute atomic E-state index is 0.0825. The van der Waals surface area contributed by atoms with Gasteiger partial charge in [0.25, 0.3) is 0 Å². The Morgan fingerprint density at radius 2 is 1.83 bits per heavy atom. The first kappa shape index (κ1) is 12.4. The molecule has 4 heteroatoms. The van der Waals surface area contributed by atoms with Gasteiger partial charge < -0.3 is 9.64 Å². The molecule has 0 bridgehead atoms. The van der Waals surface area contributed by atoms with Crippen LogP contribution in [0.15, 0.2) is 0 Å². The molecule has 0 radical (unpaired) electrons. The van der Waals surface area contributed by atoms with Crippen molar-refractivity contribution in [2.75, 3.05) is 32.8 Å². The van der Waals surface area contributed by atoms with Crippen LogP contribution in [0.3, 0.4) is 0 Å². The van der Waals surface area contributed by atoms with Gasteiger partial charge in [0.15, 0.2) is 0 Å². The van der Waals surface area contributed by atoms with Gasteiger partial charge in [0.05, 0.1) is 12.2 Å².